The van der Waals surface area contributed by atoms with Gasteiger partial charge in [0.25, 0.3) is 5.91 Å². The number of aromatic amines is 1. The lowest BCUT2D eigenvalue weighted by Gasteiger charge is -2.06. The second-order valence-corrected chi connectivity index (χ2v) is 4.44. The largest absolute Gasteiger partial charge is 0.375 e. The fourth-order valence-electron chi connectivity index (χ4n) is 1.66. The Balaban J connectivity index is 1.84. The van der Waals surface area contributed by atoms with Gasteiger partial charge in [0.2, 0.25) is 0 Å². The molecule has 2 N–H and O–H groups in total. The van der Waals surface area contributed by atoms with E-state index in [0.717, 1.165) is 16.5 Å². The van der Waals surface area contributed by atoms with E-state index in [0.29, 0.717) is 25.3 Å². The highest BCUT2D eigenvalue weighted by molar-refractivity contribution is 5.97. The summed E-state index contributed by atoms with van der Waals surface area (Å²) < 4.78 is 5.31. The number of aromatic nitrogens is 2. The smallest absolute Gasteiger partial charge is 0.251 e. The minimum Gasteiger partial charge on any atom is -0.375 e. The molecule has 5 heteroatoms. The molecule has 0 saturated carbocycles. The Morgan fingerprint density at radius 1 is 1.53 bits per heavy atom. The molecule has 1 aromatic heterocycles. The van der Waals surface area contributed by atoms with Gasteiger partial charge in [0.05, 0.1) is 24.9 Å². The van der Waals surface area contributed by atoms with E-state index < -0.39 is 0 Å². The summed E-state index contributed by atoms with van der Waals surface area (Å²) in [5.41, 5.74) is 2.43. The lowest BCUT2D eigenvalue weighted by molar-refractivity contribution is 0.0927. The third kappa shape index (κ3) is 3.66. The van der Waals surface area contributed by atoms with Crippen LogP contribution in [-0.4, -0.2) is 35.9 Å². The summed E-state index contributed by atoms with van der Waals surface area (Å²) in [4.78, 5) is 11.9. The zero-order valence-corrected chi connectivity index (χ0v) is 10.9. The number of hydrogen-bond donors (Lipinski definition) is 2. The molecule has 100 valence electrons. The minimum absolute atomic E-state index is 0.115. The van der Waals surface area contributed by atoms with Crippen molar-refractivity contribution in [3.8, 4) is 0 Å². The Morgan fingerprint density at radius 3 is 3.16 bits per heavy atom. The number of benzene rings is 1. The first-order valence-electron chi connectivity index (χ1n) is 6.10. The van der Waals surface area contributed by atoms with Crippen LogP contribution >= 0.6 is 0 Å². The summed E-state index contributed by atoms with van der Waals surface area (Å²) in [6, 6.07) is 5.43. The maximum atomic E-state index is 11.9. The molecule has 0 saturated heterocycles. The van der Waals surface area contributed by atoms with Crippen LogP contribution in [0.3, 0.4) is 0 Å². The molecule has 1 amide bonds. The fourth-order valence-corrected chi connectivity index (χ4v) is 1.66. The van der Waals surface area contributed by atoms with Gasteiger partial charge in [-0.15, -0.1) is 0 Å². The highest BCUT2D eigenvalue weighted by atomic mass is 16.5. The number of carbonyl (C=O) groups excluding carboxylic acids is 1. The maximum Gasteiger partial charge on any atom is 0.251 e. The van der Waals surface area contributed by atoms with Crippen molar-refractivity contribution in [3.63, 3.8) is 0 Å². The van der Waals surface area contributed by atoms with Crippen molar-refractivity contribution < 1.29 is 9.53 Å². The van der Waals surface area contributed by atoms with Crippen LogP contribution in [-0.2, 0) is 4.74 Å². The first-order chi connectivity index (χ1) is 9.16. The number of ether oxygens (including phenoxy) is 1. The van der Waals surface area contributed by atoms with Crippen molar-refractivity contribution in [3.05, 3.63) is 42.1 Å². The summed E-state index contributed by atoms with van der Waals surface area (Å²) in [6.07, 6.45) is 1.72. The lowest BCUT2D eigenvalue weighted by atomic mass is 10.1. The number of H-pyrrole nitrogens is 1. The summed E-state index contributed by atoms with van der Waals surface area (Å²) in [5, 5.41) is 10.5. The maximum absolute atomic E-state index is 11.9. The second-order valence-electron chi connectivity index (χ2n) is 4.44. The van der Waals surface area contributed by atoms with Gasteiger partial charge in [-0.25, -0.2) is 0 Å². The lowest BCUT2D eigenvalue weighted by Crippen LogP contribution is -2.27. The van der Waals surface area contributed by atoms with Gasteiger partial charge in [-0.3, -0.25) is 9.89 Å². The number of fused-ring (bicyclic) bond motifs is 1. The topological polar surface area (TPSA) is 67.0 Å². The molecule has 2 aromatic rings. The summed E-state index contributed by atoms with van der Waals surface area (Å²) in [7, 11) is 0. The molecule has 0 radical (unpaired) electrons. The third-order valence-corrected chi connectivity index (χ3v) is 2.58. The van der Waals surface area contributed by atoms with Crippen LogP contribution in [0.2, 0.25) is 0 Å². The van der Waals surface area contributed by atoms with Gasteiger partial charge in [-0.05, 0) is 19.1 Å². The Bertz CT molecular complexity index is 589. The first-order valence-corrected chi connectivity index (χ1v) is 6.10. The molecule has 0 fully saturated rings. The van der Waals surface area contributed by atoms with Crippen LogP contribution in [0.25, 0.3) is 10.9 Å². The number of hydrogen-bond acceptors (Lipinski definition) is 3. The van der Waals surface area contributed by atoms with Crippen molar-refractivity contribution in [2.24, 2.45) is 0 Å². The number of nitrogens with zero attached hydrogens (tertiary/aromatic N) is 1. The van der Waals surface area contributed by atoms with Gasteiger partial charge in [0, 0.05) is 17.5 Å². The zero-order chi connectivity index (χ0) is 13.7. The van der Waals surface area contributed by atoms with Crippen LogP contribution in [0.5, 0.6) is 0 Å². The van der Waals surface area contributed by atoms with E-state index in [1.165, 1.54) is 0 Å². The molecule has 0 aliphatic heterocycles. The fraction of sp³-hybridized carbons (Fsp3) is 0.286. The second kappa shape index (κ2) is 6.15. The molecule has 0 aliphatic carbocycles. The Kier molecular flexibility index (Phi) is 4.30. The highest BCUT2D eigenvalue weighted by Gasteiger charge is 2.06. The van der Waals surface area contributed by atoms with Gasteiger partial charge in [-0.2, -0.15) is 5.10 Å². The van der Waals surface area contributed by atoms with Crippen LogP contribution < -0.4 is 5.32 Å². The summed E-state index contributed by atoms with van der Waals surface area (Å²) >= 11 is 0. The molecule has 2 rings (SSSR count). The van der Waals surface area contributed by atoms with Crippen molar-refractivity contribution in [1.82, 2.24) is 15.5 Å². The van der Waals surface area contributed by atoms with E-state index in [2.05, 4.69) is 22.1 Å². The van der Waals surface area contributed by atoms with Crippen LogP contribution in [0.1, 0.15) is 17.3 Å². The third-order valence-electron chi connectivity index (χ3n) is 2.58. The molecule has 19 heavy (non-hydrogen) atoms. The van der Waals surface area contributed by atoms with E-state index >= 15 is 0 Å². The molecule has 1 aromatic carbocycles. The molecular formula is C14H17N3O2. The molecule has 0 unspecified atom stereocenters. The van der Waals surface area contributed by atoms with E-state index in [-0.39, 0.29) is 5.91 Å². The highest BCUT2D eigenvalue weighted by Crippen LogP contribution is 2.12. The van der Waals surface area contributed by atoms with Gasteiger partial charge in [-0.1, -0.05) is 18.2 Å². The van der Waals surface area contributed by atoms with E-state index in [1.807, 2.05) is 13.0 Å². The quantitative estimate of drug-likeness (QED) is 0.615. The van der Waals surface area contributed by atoms with E-state index in [4.69, 9.17) is 4.74 Å². The summed E-state index contributed by atoms with van der Waals surface area (Å²) in [5.74, 6) is -0.115. The average molecular weight is 259 g/mol. The minimum atomic E-state index is -0.115. The standard InChI is InChI=1S/C14H17N3O2/c1-10(2)9-19-6-5-15-14(18)11-3-4-12-8-16-17-13(12)7-11/h3-4,7-8H,1,5-6,9H2,2H3,(H,15,18)(H,16,17). The Labute approximate surface area is 111 Å². The van der Waals surface area contributed by atoms with Crippen molar-refractivity contribution in [1.29, 1.82) is 0 Å². The molecular weight excluding hydrogens is 242 g/mol. The van der Waals surface area contributed by atoms with Crippen molar-refractivity contribution in [2.75, 3.05) is 19.8 Å². The monoisotopic (exact) mass is 259 g/mol. The molecule has 0 aliphatic rings. The number of nitrogens with one attached hydrogen (secondary N) is 2. The van der Waals surface area contributed by atoms with Gasteiger partial charge >= 0.3 is 0 Å². The summed E-state index contributed by atoms with van der Waals surface area (Å²) in [6.45, 7) is 7.12. The number of amides is 1. The van der Waals surface area contributed by atoms with Crippen molar-refractivity contribution >= 4 is 16.8 Å². The normalized spacial score (nSPS) is 10.6. The Morgan fingerprint density at radius 2 is 2.37 bits per heavy atom. The van der Waals surface area contributed by atoms with Gasteiger partial charge < -0.3 is 10.1 Å². The predicted molar refractivity (Wildman–Crippen MR) is 74.1 cm³/mol. The number of rotatable bonds is 6. The van der Waals surface area contributed by atoms with Gasteiger partial charge in [0.15, 0.2) is 0 Å². The Hall–Kier alpha value is -2.14. The molecule has 5 nitrogen and oxygen atoms in total. The number of carbonyl (C=O) groups is 1. The zero-order valence-electron chi connectivity index (χ0n) is 10.9. The molecule has 0 atom stereocenters. The molecule has 0 bridgehead atoms. The van der Waals surface area contributed by atoms with Gasteiger partial charge in [0.1, 0.15) is 0 Å². The van der Waals surface area contributed by atoms with Crippen molar-refractivity contribution in [2.45, 2.75) is 6.92 Å². The molecule has 1 heterocycles. The van der Waals surface area contributed by atoms with Crippen LogP contribution in [0.15, 0.2) is 36.5 Å². The predicted octanol–water partition coefficient (Wildman–Crippen LogP) is 1.89. The SMILES string of the molecule is C=C(C)COCCNC(=O)c1ccc2cn[nH]c2c1. The van der Waals surface area contributed by atoms with E-state index in [1.54, 1.807) is 18.3 Å². The van der Waals surface area contributed by atoms with Crippen LogP contribution in [0.4, 0.5) is 0 Å². The molecule has 0 spiro atoms. The van der Waals surface area contributed by atoms with E-state index in [9.17, 15) is 4.79 Å². The average Bonchev–Trinajstić information content (AvgIpc) is 2.84. The van der Waals surface area contributed by atoms with Crippen LogP contribution in [0, 0.1) is 0 Å². The first kappa shape index (κ1) is 13.3.